The Morgan fingerprint density at radius 3 is 2.95 bits per heavy atom. The van der Waals surface area contributed by atoms with Gasteiger partial charge in [-0.3, -0.25) is 4.79 Å². The first-order chi connectivity index (χ1) is 10.6. The van der Waals surface area contributed by atoms with Crippen molar-refractivity contribution in [3.05, 3.63) is 29.8 Å². The van der Waals surface area contributed by atoms with Crippen LogP contribution in [-0.4, -0.2) is 35.4 Å². The van der Waals surface area contributed by atoms with Crippen LogP contribution in [0.5, 0.6) is 5.75 Å². The monoisotopic (exact) mass is 337 g/mol. The van der Waals surface area contributed by atoms with E-state index in [1.54, 1.807) is 19.2 Å². The fraction of sp³-hybridized carbons (Fsp3) is 0.400. The molecule has 0 atom stereocenters. The molecule has 1 N–H and O–H groups in total. The molecule has 0 fully saturated rings. The third-order valence-corrected chi connectivity index (χ3v) is 4.80. The summed E-state index contributed by atoms with van der Waals surface area (Å²) in [6.07, 6.45) is 0. The van der Waals surface area contributed by atoms with Crippen molar-refractivity contribution >= 4 is 34.0 Å². The Hall–Kier alpha value is -1.60. The largest absolute Gasteiger partial charge is 0.497 e. The Labute approximate surface area is 138 Å². The van der Waals surface area contributed by atoms with Crippen molar-refractivity contribution in [2.75, 3.05) is 24.7 Å². The van der Waals surface area contributed by atoms with E-state index in [9.17, 15) is 4.79 Å². The molecule has 0 saturated carbocycles. The normalized spacial score (nSPS) is 10.7. The standard InChI is InChI=1S/C15H19N3O2S2/c1-10(2)8-16-14-17-18-15(22-14)21-9-13(19)11-5-4-6-12(7-11)20-3/h4-7,10H,8-9H2,1-3H3,(H,16,17). The van der Waals surface area contributed by atoms with Crippen LogP contribution in [-0.2, 0) is 0 Å². The highest BCUT2D eigenvalue weighted by Crippen LogP contribution is 2.26. The van der Waals surface area contributed by atoms with E-state index in [4.69, 9.17) is 4.74 Å². The third-order valence-electron chi connectivity index (χ3n) is 2.79. The second-order valence-corrected chi connectivity index (χ2v) is 7.29. The lowest BCUT2D eigenvalue weighted by molar-refractivity contribution is 0.102. The average molecular weight is 337 g/mol. The number of ether oxygens (including phenoxy) is 1. The highest BCUT2D eigenvalue weighted by atomic mass is 32.2. The summed E-state index contributed by atoms with van der Waals surface area (Å²) in [6.45, 7) is 5.13. The number of hydrogen-bond donors (Lipinski definition) is 1. The van der Waals surface area contributed by atoms with E-state index in [2.05, 4.69) is 29.4 Å². The molecule has 0 unspecified atom stereocenters. The van der Waals surface area contributed by atoms with E-state index < -0.39 is 0 Å². The molecule has 2 rings (SSSR count). The highest BCUT2D eigenvalue weighted by Gasteiger charge is 2.11. The molecular weight excluding hydrogens is 318 g/mol. The van der Waals surface area contributed by atoms with E-state index in [0.717, 1.165) is 16.0 Å². The number of methoxy groups -OCH3 is 1. The maximum atomic E-state index is 12.2. The summed E-state index contributed by atoms with van der Waals surface area (Å²) in [5, 5.41) is 12.2. The van der Waals surface area contributed by atoms with Gasteiger partial charge in [-0.15, -0.1) is 10.2 Å². The van der Waals surface area contributed by atoms with Gasteiger partial charge in [0, 0.05) is 12.1 Å². The van der Waals surface area contributed by atoms with Crippen LogP contribution in [0.4, 0.5) is 5.13 Å². The van der Waals surface area contributed by atoms with Crippen molar-refractivity contribution in [1.82, 2.24) is 10.2 Å². The fourth-order valence-corrected chi connectivity index (χ4v) is 3.29. The minimum atomic E-state index is 0.0517. The second kappa shape index (κ2) is 8.14. The zero-order chi connectivity index (χ0) is 15.9. The number of nitrogens with one attached hydrogen (secondary N) is 1. The van der Waals surface area contributed by atoms with Gasteiger partial charge in [-0.05, 0) is 18.1 Å². The van der Waals surface area contributed by atoms with Gasteiger partial charge in [-0.25, -0.2) is 0 Å². The summed E-state index contributed by atoms with van der Waals surface area (Å²) in [7, 11) is 1.59. The molecule has 1 heterocycles. The van der Waals surface area contributed by atoms with E-state index in [1.807, 2.05) is 12.1 Å². The highest BCUT2D eigenvalue weighted by molar-refractivity contribution is 8.01. The van der Waals surface area contributed by atoms with E-state index in [-0.39, 0.29) is 5.78 Å². The number of carbonyl (C=O) groups excluding carboxylic acids is 1. The molecule has 0 aliphatic rings. The number of ketones is 1. The van der Waals surface area contributed by atoms with Crippen molar-refractivity contribution in [2.24, 2.45) is 5.92 Å². The van der Waals surface area contributed by atoms with Crippen LogP contribution in [0.2, 0.25) is 0 Å². The zero-order valence-corrected chi connectivity index (χ0v) is 14.5. The Balaban J connectivity index is 1.88. The first-order valence-electron chi connectivity index (χ1n) is 6.96. The molecule has 1 aromatic carbocycles. The molecular formula is C15H19N3O2S2. The number of benzene rings is 1. The van der Waals surface area contributed by atoms with Crippen LogP contribution >= 0.6 is 23.1 Å². The molecule has 0 aliphatic carbocycles. The quantitative estimate of drug-likeness (QED) is 0.587. The average Bonchev–Trinajstić information content (AvgIpc) is 2.98. The van der Waals surface area contributed by atoms with Crippen LogP contribution in [0.3, 0.4) is 0 Å². The van der Waals surface area contributed by atoms with Gasteiger partial charge < -0.3 is 10.1 Å². The van der Waals surface area contributed by atoms with Gasteiger partial charge in [-0.1, -0.05) is 49.1 Å². The van der Waals surface area contributed by atoms with Gasteiger partial charge in [-0.2, -0.15) is 0 Å². The van der Waals surface area contributed by atoms with Gasteiger partial charge in [0.15, 0.2) is 10.1 Å². The number of carbonyl (C=O) groups is 1. The number of Topliss-reactive ketones (excluding diaryl/α,β-unsaturated/α-hetero) is 1. The van der Waals surface area contributed by atoms with Crippen LogP contribution in [0.1, 0.15) is 24.2 Å². The molecule has 0 amide bonds. The third kappa shape index (κ3) is 4.99. The van der Waals surface area contributed by atoms with Crippen molar-refractivity contribution in [3.63, 3.8) is 0 Å². The molecule has 0 radical (unpaired) electrons. The number of hydrogen-bond acceptors (Lipinski definition) is 7. The number of thioether (sulfide) groups is 1. The number of nitrogens with zero attached hydrogens (tertiary/aromatic N) is 2. The van der Waals surface area contributed by atoms with Crippen molar-refractivity contribution in [3.8, 4) is 5.75 Å². The molecule has 0 aliphatic heterocycles. The van der Waals surface area contributed by atoms with Gasteiger partial charge in [0.25, 0.3) is 0 Å². The smallest absolute Gasteiger partial charge is 0.206 e. The zero-order valence-electron chi connectivity index (χ0n) is 12.8. The number of rotatable bonds is 8. The Morgan fingerprint density at radius 2 is 2.23 bits per heavy atom. The molecule has 2 aromatic rings. The van der Waals surface area contributed by atoms with Gasteiger partial charge in [0.1, 0.15) is 5.75 Å². The molecule has 0 bridgehead atoms. The lowest BCUT2D eigenvalue weighted by Gasteiger charge is -2.03. The Bertz CT molecular complexity index is 629. The summed E-state index contributed by atoms with van der Waals surface area (Å²) in [6, 6.07) is 7.18. The van der Waals surface area contributed by atoms with E-state index in [0.29, 0.717) is 23.0 Å². The lowest BCUT2D eigenvalue weighted by atomic mass is 10.1. The maximum Gasteiger partial charge on any atom is 0.206 e. The summed E-state index contributed by atoms with van der Waals surface area (Å²) >= 11 is 2.88. The fourth-order valence-electron chi connectivity index (χ4n) is 1.64. The van der Waals surface area contributed by atoms with Gasteiger partial charge in [0.05, 0.1) is 12.9 Å². The molecule has 0 saturated heterocycles. The predicted octanol–water partition coefficient (Wildman–Crippen LogP) is 3.59. The first kappa shape index (κ1) is 16.8. The van der Waals surface area contributed by atoms with Crippen LogP contribution in [0.25, 0.3) is 0 Å². The van der Waals surface area contributed by atoms with Crippen LogP contribution in [0, 0.1) is 5.92 Å². The molecule has 118 valence electrons. The van der Waals surface area contributed by atoms with Crippen molar-refractivity contribution in [1.29, 1.82) is 0 Å². The molecule has 1 aromatic heterocycles. The SMILES string of the molecule is COc1cccc(C(=O)CSc2nnc(NCC(C)C)s2)c1. The minimum absolute atomic E-state index is 0.0517. The number of aromatic nitrogens is 2. The van der Waals surface area contributed by atoms with Crippen molar-refractivity contribution in [2.45, 2.75) is 18.2 Å². The summed E-state index contributed by atoms with van der Waals surface area (Å²) in [5.41, 5.74) is 0.648. The Kier molecular flexibility index (Phi) is 6.21. The van der Waals surface area contributed by atoms with Crippen LogP contribution in [0.15, 0.2) is 28.6 Å². The van der Waals surface area contributed by atoms with E-state index >= 15 is 0 Å². The minimum Gasteiger partial charge on any atom is -0.497 e. The molecule has 0 spiro atoms. The summed E-state index contributed by atoms with van der Waals surface area (Å²) in [4.78, 5) is 12.2. The lowest BCUT2D eigenvalue weighted by Crippen LogP contribution is -2.07. The van der Waals surface area contributed by atoms with Crippen LogP contribution < -0.4 is 10.1 Å². The van der Waals surface area contributed by atoms with E-state index in [1.165, 1.54) is 23.1 Å². The predicted molar refractivity (Wildman–Crippen MR) is 91.3 cm³/mol. The topological polar surface area (TPSA) is 64.1 Å². The van der Waals surface area contributed by atoms with Gasteiger partial charge >= 0.3 is 0 Å². The molecule has 7 heteroatoms. The maximum absolute atomic E-state index is 12.2. The Morgan fingerprint density at radius 1 is 1.41 bits per heavy atom. The summed E-state index contributed by atoms with van der Waals surface area (Å²) in [5.74, 6) is 1.63. The van der Waals surface area contributed by atoms with Crippen molar-refractivity contribution < 1.29 is 9.53 Å². The summed E-state index contributed by atoms with van der Waals surface area (Å²) < 4.78 is 5.92. The second-order valence-electron chi connectivity index (χ2n) is 5.09. The molecule has 22 heavy (non-hydrogen) atoms. The van der Waals surface area contributed by atoms with Gasteiger partial charge in [0.2, 0.25) is 5.13 Å². The molecule has 5 nitrogen and oxygen atoms in total. The number of anilines is 1. The first-order valence-corrected chi connectivity index (χ1v) is 8.76.